The number of rotatable bonds is 3. The summed E-state index contributed by atoms with van der Waals surface area (Å²) in [6.07, 6.45) is 0. The molecule has 1 heterocycles. The van der Waals surface area contributed by atoms with Crippen molar-refractivity contribution in [1.82, 2.24) is 4.98 Å². The molecular weight excluding hydrogens is 242 g/mol. The lowest BCUT2D eigenvalue weighted by atomic mass is 10.2. The first-order chi connectivity index (χ1) is 7.79. The largest absolute Gasteiger partial charge is 0.378 e. The molecule has 0 unspecified atom stereocenters. The molecule has 3 nitrogen and oxygen atoms in total. The van der Waals surface area contributed by atoms with Crippen LogP contribution in [0.5, 0.6) is 0 Å². The molecule has 2 aromatic rings. The number of nitrogens with one attached hydrogen (secondary N) is 1. The van der Waals surface area contributed by atoms with Gasteiger partial charge in [-0.05, 0) is 18.2 Å². The van der Waals surface area contributed by atoms with Crippen LogP contribution in [0.2, 0.25) is 5.02 Å². The Labute approximate surface area is 102 Å². The van der Waals surface area contributed by atoms with Crippen molar-refractivity contribution in [3.8, 4) is 6.07 Å². The Kier molecular flexibility index (Phi) is 3.40. The van der Waals surface area contributed by atoms with Gasteiger partial charge < -0.3 is 5.32 Å². The zero-order valence-electron chi connectivity index (χ0n) is 8.27. The van der Waals surface area contributed by atoms with E-state index in [0.717, 1.165) is 11.4 Å². The van der Waals surface area contributed by atoms with Gasteiger partial charge in [-0.3, -0.25) is 0 Å². The summed E-state index contributed by atoms with van der Waals surface area (Å²) >= 11 is 7.57. The molecule has 80 valence electrons. The summed E-state index contributed by atoms with van der Waals surface area (Å²) in [6.45, 7) is 0.634. The number of benzene rings is 1. The fourth-order valence-corrected chi connectivity index (χ4v) is 2.04. The summed E-state index contributed by atoms with van der Waals surface area (Å²) < 4.78 is 0. The van der Waals surface area contributed by atoms with Gasteiger partial charge in [-0.1, -0.05) is 11.6 Å². The Hall–Kier alpha value is -1.57. The fourth-order valence-electron chi connectivity index (χ4n) is 1.24. The Morgan fingerprint density at radius 3 is 3.00 bits per heavy atom. The van der Waals surface area contributed by atoms with Crippen molar-refractivity contribution < 1.29 is 0 Å². The number of nitrogens with zero attached hydrogens (tertiary/aromatic N) is 2. The third-order valence-corrected chi connectivity index (χ3v) is 2.99. The maximum atomic E-state index is 8.70. The Balaban J connectivity index is 2.08. The molecule has 0 aliphatic heterocycles. The van der Waals surface area contributed by atoms with Crippen LogP contribution in [0, 0.1) is 11.3 Å². The lowest BCUT2D eigenvalue weighted by molar-refractivity contribution is 1.07. The van der Waals surface area contributed by atoms with Gasteiger partial charge in [0.2, 0.25) is 0 Å². The third-order valence-electron chi connectivity index (χ3n) is 2.04. The van der Waals surface area contributed by atoms with Gasteiger partial charge in [-0.2, -0.15) is 5.26 Å². The first kappa shape index (κ1) is 10.9. The molecule has 0 bridgehead atoms. The first-order valence-corrected chi connectivity index (χ1v) is 5.92. The average Bonchev–Trinajstić information content (AvgIpc) is 2.80. The number of hydrogen-bond donors (Lipinski definition) is 1. The van der Waals surface area contributed by atoms with Crippen molar-refractivity contribution in [1.29, 1.82) is 5.26 Å². The molecule has 16 heavy (non-hydrogen) atoms. The molecule has 0 saturated heterocycles. The van der Waals surface area contributed by atoms with E-state index in [4.69, 9.17) is 16.9 Å². The molecule has 5 heteroatoms. The van der Waals surface area contributed by atoms with Crippen LogP contribution in [0.25, 0.3) is 0 Å². The van der Waals surface area contributed by atoms with E-state index in [-0.39, 0.29) is 0 Å². The monoisotopic (exact) mass is 249 g/mol. The van der Waals surface area contributed by atoms with Crippen molar-refractivity contribution >= 4 is 28.6 Å². The topological polar surface area (TPSA) is 48.7 Å². The van der Waals surface area contributed by atoms with E-state index >= 15 is 0 Å². The van der Waals surface area contributed by atoms with E-state index in [2.05, 4.69) is 10.3 Å². The maximum absolute atomic E-state index is 8.70. The minimum Gasteiger partial charge on any atom is -0.378 e. The van der Waals surface area contributed by atoms with Crippen LogP contribution in [0.15, 0.2) is 29.1 Å². The van der Waals surface area contributed by atoms with E-state index in [1.807, 2.05) is 11.4 Å². The molecule has 0 spiro atoms. The highest BCUT2D eigenvalue weighted by Crippen LogP contribution is 2.23. The predicted molar refractivity (Wildman–Crippen MR) is 65.6 cm³/mol. The molecule has 0 aliphatic carbocycles. The average molecular weight is 250 g/mol. The summed E-state index contributed by atoms with van der Waals surface area (Å²) in [5, 5.41) is 14.4. The van der Waals surface area contributed by atoms with Crippen LogP contribution < -0.4 is 5.32 Å². The van der Waals surface area contributed by atoms with E-state index in [0.29, 0.717) is 17.1 Å². The van der Waals surface area contributed by atoms with Crippen LogP contribution in [-0.2, 0) is 6.54 Å². The second kappa shape index (κ2) is 4.97. The van der Waals surface area contributed by atoms with Crippen LogP contribution in [-0.4, -0.2) is 4.98 Å². The smallest absolute Gasteiger partial charge is 0.0992 e. The molecule has 1 aromatic heterocycles. The second-order valence-corrected chi connectivity index (χ2v) is 4.27. The van der Waals surface area contributed by atoms with Crippen molar-refractivity contribution in [2.24, 2.45) is 0 Å². The van der Waals surface area contributed by atoms with Gasteiger partial charge in [0, 0.05) is 5.38 Å². The van der Waals surface area contributed by atoms with E-state index in [9.17, 15) is 0 Å². The van der Waals surface area contributed by atoms with Gasteiger partial charge in [-0.15, -0.1) is 11.3 Å². The van der Waals surface area contributed by atoms with Gasteiger partial charge in [0.05, 0.1) is 40.1 Å². The lowest BCUT2D eigenvalue weighted by Gasteiger charge is -2.06. The SMILES string of the molecule is N#Cc1ccc(NCc2cscn2)c(Cl)c1. The molecule has 0 radical (unpaired) electrons. The Bertz CT molecular complexity index is 517. The van der Waals surface area contributed by atoms with E-state index in [1.54, 1.807) is 35.0 Å². The number of hydrogen-bond acceptors (Lipinski definition) is 4. The minimum absolute atomic E-state index is 0.550. The molecular formula is C11H8ClN3S. The number of anilines is 1. The number of halogens is 1. The van der Waals surface area contributed by atoms with Gasteiger partial charge in [-0.25, -0.2) is 4.98 Å². The maximum Gasteiger partial charge on any atom is 0.0992 e. The second-order valence-electron chi connectivity index (χ2n) is 3.14. The zero-order valence-corrected chi connectivity index (χ0v) is 9.85. The third kappa shape index (κ3) is 2.51. The number of aromatic nitrogens is 1. The number of thiazole rings is 1. The van der Waals surface area contributed by atoms with Crippen LogP contribution in [0.3, 0.4) is 0 Å². The zero-order chi connectivity index (χ0) is 11.4. The standard InChI is InChI=1S/C11H8ClN3S/c12-10-3-8(4-13)1-2-11(10)14-5-9-6-16-7-15-9/h1-3,6-7,14H,5H2. The molecule has 0 amide bonds. The summed E-state index contributed by atoms with van der Waals surface area (Å²) in [4.78, 5) is 4.16. The molecule has 2 rings (SSSR count). The highest BCUT2D eigenvalue weighted by atomic mass is 35.5. The quantitative estimate of drug-likeness (QED) is 0.908. The van der Waals surface area contributed by atoms with Gasteiger partial charge in [0.25, 0.3) is 0 Å². The van der Waals surface area contributed by atoms with Crippen molar-refractivity contribution in [2.75, 3.05) is 5.32 Å². The van der Waals surface area contributed by atoms with Crippen molar-refractivity contribution in [2.45, 2.75) is 6.54 Å². The molecule has 1 N–H and O–H groups in total. The molecule has 0 atom stereocenters. The van der Waals surface area contributed by atoms with Crippen molar-refractivity contribution in [3.63, 3.8) is 0 Å². The van der Waals surface area contributed by atoms with Gasteiger partial charge in [0.1, 0.15) is 0 Å². The summed E-state index contributed by atoms with van der Waals surface area (Å²) in [7, 11) is 0. The van der Waals surface area contributed by atoms with Crippen LogP contribution in [0.4, 0.5) is 5.69 Å². The Morgan fingerprint density at radius 1 is 1.50 bits per heavy atom. The predicted octanol–water partition coefficient (Wildman–Crippen LogP) is 3.28. The van der Waals surface area contributed by atoms with E-state index < -0.39 is 0 Å². The normalized spacial score (nSPS) is 9.75. The number of nitriles is 1. The highest BCUT2D eigenvalue weighted by Gasteiger charge is 2.02. The van der Waals surface area contributed by atoms with E-state index in [1.165, 1.54) is 0 Å². The molecule has 0 saturated carbocycles. The molecule has 1 aromatic carbocycles. The summed E-state index contributed by atoms with van der Waals surface area (Å²) in [6, 6.07) is 7.22. The molecule has 0 aliphatic rings. The van der Waals surface area contributed by atoms with Gasteiger partial charge in [0.15, 0.2) is 0 Å². The minimum atomic E-state index is 0.550. The van der Waals surface area contributed by atoms with Crippen molar-refractivity contribution in [3.05, 3.63) is 45.4 Å². The summed E-state index contributed by atoms with van der Waals surface area (Å²) in [5.41, 5.74) is 4.14. The summed E-state index contributed by atoms with van der Waals surface area (Å²) in [5.74, 6) is 0. The van der Waals surface area contributed by atoms with Gasteiger partial charge >= 0.3 is 0 Å². The Morgan fingerprint density at radius 2 is 2.38 bits per heavy atom. The lowest BCUT2D eigenvalue weighted by Crippen LogP contribution is -2.00. The highest BCUT2D eigenvalue weighted by molar-refractivity contribution is 7.07. The fraction of sp³-hybridized carbons (Fsp3) is 0.0909. The van der Waals surface area contributed by atoms with Crippen LogP contribution in [0.1, 0.15) is 11.3 Å². The molecule has 0 fully saturated rings. The first-order valence-electron chi connectivity index (χ1n) is 4.60. The van der Waals surface area contributed by atoms with Crippen LogP contribution >= 0.6 is 22.9 Å².